The van der Waals surface area contributed by atoms with Crippen LogP contribution in [0.3, 0.4) is 0 Å². The molecule has 0 atom stereocenters. The number of carbonyl (C=O) groups excluding carboxylic acids is 6. The van der Waals surface area contributed by atoms with Gasteiger partial charge in [-0.25, -0.2) is 29.3 Å². The molecule has 70 heavy (non-hydrogen) atoms. The van der Waals surface area contributed by atoms with Crippen LogP contribution < -0.4 is 9.47 Å². The predicted octanol–water partition coefficient (Wildman–Crippen LogP) is 5.41. The van der Waals surface area contributed by atoms with Crippen LogP contribution in [0, 0.1) is 0 Å². The fourth-order valence-corrected chi connectivity index (χ4v) is 9.44. The zero-order chi connectivity index (χ0) is 50.4. The molecule has 0 radical (unpaired) electrons. The number of likely N-dealkylation sites (tertiary alicyclic amines) is 2. The normalized spacial score (nSPS) is 21.9. The first-order chi connectivity index (χ1) is 33.7. The van der Waals surface area contributed by atoms with E-state index in [1.54, 1.807) is 48.5 Å². The first-order valence-corrected chi connectivity index (χ1v) is 23.2. The molecule has 2 aliphatic heterocycles. The summed E-state index contributed by atoms with van der Waals surface area (Å²) in [6, 6.07) is 33.3. The molecule has 18 heteroatoms. The molecule has 0 saturated carbocycles. The summed E-state index contributed by atoms with van der Waals surface area (Å²) in [6.07, 6.45) is 0.574. The van der Waals surface area contributed by atoms with Crippen molar-refractivity contribution >= 4 is 35.7 Å². The Bertz CT molecular complexity index is 2270. The van der Waals surface area contributed by atoms with Crippen molar-refractivity contribution in [2.24, 2.45) is 0 Å². The number of ether oxygens (including phenoxy) is 4. The van der Waals surface area contributed by atoms with Gasteiger partial charge >= 0.3 is 23.9 Å². The zero-order valence-corrected chi connectivity index (χ0v) is 40.8. The summed E-state index contributed by atoms with van der Waals surface area (Å²) in [5, 5.41) is 2.07. The maximum absolute atomic E-state index is 14.3. The Morgan fingerprint density at radius 3 is 1.13 bits per heavy atom. The molecule has 18 nitrogen and oxygen atoms in total. The number of amides is 2. The third kappa shape index (κ3) is 12.1. The molecule has 0 aliphatic carbocycles. The largest absolute Gasteiger partial charge is 0.496 e. The Labute approximate surface area is 408 Å². The van der Waals surface area contributed by atoms with E-state index in [0.717, 1.165) is 21.3 Å². The van der Waals surface area contributed by atoms with E-state index in [1.165, 1.54) is 42.3 Å². The highest BCUT2D eigenvalue weighted by atomic mass is 16.8. The van der Waals surface area contributed by atoms with Crippen molar-refractivity contribution in [1.82, 2.24) is 10.1 Å². The highest BCUT2D eigenvalue weighted by molar-refractivity contribution is 6.29. The Morgan fingerprint density at radius 1 is 0.486 bits per heavy atom. The van der Waals surface area contributed by atoms with Crippen molar-refractivity contribution in [3.63, 3.8) is 0 Å². The fraction of sp³-hybridized carbons (Fsp3) is 0.423. The quantitative estimate of drug-likeness (QED) is 0.0475. The Kier molecular flexibility index (Phi) is 17.7. The van der Waals surface area contributed by atoms with Crippen LogP contribution in [0.15, 0.2) is 109 Å². The Hall–Kier alpha value is -6.86. The average molecular weight is 969 g/mol. The predicted molar refractivity (Wildman–Crippen MR) is 251 cm³/mol. The van der Waals surface area contributed by atoms with E-state index in [2.05, 4.69) is 0 Å². The summed E-state index contributed by atoms with van der Waals surface area (Å²) in [5.41, 5.74) is -0.103. The van der Waals surface area contributed by atoms with Crippen molar-refractivity contribution in [3.8, 4) is 11.5 Å². The maximum atomic E-state index is 14.3. The number of para-hydroxylation sites is 2. The van der Waals surface area contributed by atoms with Crippen LogP contribution in [0.4, 0.5) is 0 Å². The summed E-state index contributed by atoms with van der Waals surface area (Å²) in [6.45, 7) is 2.69. The zero-order valence-electron chi connectivity index (χ0n) is 40.8. The van der Waals surface area contributed by atoms with Gasteiger partial charge in [0.1, 0.15) is 64.0 Å². The molecule has 2 fully saturated rings. The molecular formula is C52H64N4O14+2. The van der Waals surface area contributed by atoms with Crippen molar-refractivity contribution in [2.75, 3.05) is 67.7 Å². The lowest BCUT2D eigenvalue weighted by Gasteiger charge is -2.47. The minimum Gasteiger partial charge on any atom is -0.496 e. The molecule has 6 rings (SSSR count). The number of hydrogen-bond donors (Lipinski definition) is 0. The standard InChI is InChI=1S/C52H64N4O14/c1-39(57)53(67-37-43-21-13-15-23-45(43)63-3)51(49(61)65-5)27-33-55(34-28-51,31-25-41-17-9-7-10-18-41)69-47(59)48(60)70-56(32-26-42-19-11-8-12-20-42)35-29-52(30-36-56,50(62)66-6)54(40(2)58)68-38-44-22-14-16-24-46(44)64-4/h7-24H,25-38H2,1-6H3/q+2. The van der Waals surface area contributed by atoms with E-state index in [-0.39, 0.29) is 78.2 Å². The Morgan fingerprint density at radius 2 is 0.814 bits per heavy atom. The van der Waals surface area contributed by atoms with Crippen LogP contribution in [-0.2, 0) is 83.6 Å². The van der Waals surface area contributed by atoms with Gasteiger partial charge in [-0.3, -0.25) is 28.9 Å². The van der Waals surface area contributed by atoms with Crippen molar-refractivity contribution < 1.29 is 76.4 Å². The number of esters is 2. The number of rotatable bonds is 20. The molecule has 2 saturated heterocycles. The lowest BCUT2D eigenvalue weighted by molar-refractivity contribution is -1.10. The lowest BCUT2D eigenvalue weighted by atomic mass is 9.86. The van der Waals surface area contributed by atoms with E-state index in [9.17, 15) is 28.8 Å². The molecule has 2 amide bonds. The highest BCUT2D eigenvalue weighted by Crippen LogP contribution is 2.38. The number of piperidine rings is 2. The molecule has 0 aromatic heterocycles. The van der Waals surface area contributed by atoms with Gasteiger partial charge in [0, 0.05) is 63.5 Å². The molecule has 2 heterocycles. The summed E-state index contributed by atoms with van der Waals surface area (Å²) >= 11 is 0. The lowest BCUT2D eigenvalue weighted by Crippen LogP contribution is -2.68. The molecule has 374 valence electrons. The number of quaternary nitrogens is 2. The molecule has 0 N–H and O–H groups in total. The minimum absolute atomic E-state index is 0.0197. The van der Waals surface area contributed by atoms with Crippen molar-refractivity contribution in [1.29, 1.82) is 0 Å². The van der Waals surface area contributed by atoms with Crippen LogP contribution in [0.5, 0.6) is 11.5 Å². The number of carbonyl (C=O) groups is 6. The van der Waals surface area contributed by atoms with E-state index in [1.807, 2.05) is 60.7 Å². The van der Waals surface area contributed by atoms with Gasteiger partial charge in [-0.15, -0.1) is 9.29 Å². The number of nitrogens with zero attached hydrogens (tertiary/aromatic N) is 4. The fourth-order valence-electron chi connectivity index (χ4n) is 9.44. The monoisotopic (exact) mass is 968 g/mol. The van der Waals surface area contributed by atoms with Crippen LogP contribution in [0.25, 0.3) is 0 Å². The van der Waals surface area contributed by atoms with E-state index < -0.39 is 56.1 Å². The van der Waals surface area contributed by atoms with Gasteiger partial charge < -0.3 is 18.9 Å². The molecule has 4 aromatic carbocycles. The van der Waals surface area contributed by atoms with Crippen LogP contribution in [-0.4, -0.2) is 134 Å². The van der Waals surface area contributed by atoms with Crippen molar-refractivity contribution in [3.05, 3.63) is 131 Å². The topological polar surface area (TPSA) is 183 Å². The third-order valence-corrected chi connectivity index (χ3v) is 13.3. The summed E-state index contributed by atoms with van der Waals surface area (Å²) < 4.78 is 20.8. The van der Waals surface area contributed by atoms with Crippen molar-refractivity contribution in [2.45, 2.75) is 76.7 Å². The molecular weight excluding hydrogens is 905 g/mol. The number of hydrogen-bond acceptors (Lipinski definition) is 14. The second-order valence-corrected chi connectivity index (χ2v) is 17.5. The molecule has 0 spiro atoms. The van der Waals surface area contributed by atoms with Gasteiger partial charge in [-0.05, 0) is 23.3 Å². The smallest absolute Gasteiger partial charge is 0.480 e. The highest BCUT2D eigenvalue weighted by Gasteiger charge is 2.59. The average Bonchev–Trinajstić information content (AvgIpc) is 3.38. The second-order valence-electron chi connectivity index (χ2n) is 17.5. The molecule has 4 aromatic rings. The first-order valence-electron chi connectivity index (χ1n) is 23.2. The van der Waals surface area contributed by atoms with Gasteiger partial charge in [0.15, 0.2) is 11.1 Å². The van der Waals surface area contributed by atoms with E-state index in [0.29, 0.717) is 35.5 Å². The second kappa shape index (κ2) is 23.6. The first kappa shape index (κ1) is 52.5. The molecule has 0 bridgehead atoms. The third-order valence-electron chi connectivity index (χ3n) is 13.3. The van der Waals surface area contributed by atoms with Gasteiger partial charge in [-0.1, -0.05) is 97.1 Å². The number of hydroxylamine groups is 10. The van der Waals surface area contributed by atoms with Crippen LogP contribution >= 0.6 is 0 Å². The number of methoxy groups -OCH3 is 4. The summed E-state index contributed by atoms with van der Waals surface area (Å²) in [4.78, 5) is 108. The summed E-state index contributed by atoms with van der Waals surface area (Å²) in [5.74, 6) is -4.05. The SMILES string of the molecule is COC(=O)C1(N(OCc2ccccc2OC)C(C)=O)CC[N+](CCc2ccccc2)(OC(=O)C(=O)O[N+]2(CCc3ccccc3)CCC(C(=O)OC)(N(OCc3ccccc3OC)C(C)=O)CC2)CC1. The molecule has 0 unspecified atom stereocenters. The maximum Gasteiger partial charge on any atom is 0.480 e. The molecule has 2 aliphatic rings. The minimum atomic E-state index is -1.62. The number of benzene rings is 4. The van der Waals surface area contributed by atoms with Gasteiger partial charge in [0.2, 0.25) is 11.8 Å². The van der Waals surface area contributed by atoms with Gasteiger partial charge in [-0.2, -0.15) is 0 Å². The van der Waals surface area contributed by atoms with Crippen LogP contribution in [0.1, 0.15) is 61.8 Å². The van der Waals surface area contributed by atoms with Gasteiger partial charge in [0.05, 0.1) is 28.4 Å². The van der Waals surface area contributed by atoms with E-state index >= 15 is 0 Å². The Balaban J connectivity index is 1.26. The van der Waals surface area contributed by atoms with Crippen LogP contribution in [0.2, 0.25) is 0 Å². The van der Waals surface area contributed by atoms with E-state index in [4.69, 9.17) is 38.3 Å². The van der Waals surface area contributed by atoms with Gasteiger partial charge in [0.25, 0.3) is 0 Å². The summed E-state index contributed by atoms with van der Waals surface area (Å²) in [7, 11) is 5.49.